The molecule has 1 aliphatic rings. The monoisotopic (exact) mass is 578 g/mol. The predicted octanol–water partition coefficient (Wildman–Crippen LogP) is 2.57. The van der Waals surface area contributed by atoms with Crippen LogP contribution >= 0.6 is 11.6 Å². The van der Waals surface area contributed by atoms with Crippen molar-refractivity contribution in [3.8, 4) is 0 Å². The van der Waals surface area contributed by atoms with E-state index in [4.69, 9.17) is 25.8 Å². The van der Waals surface area contributed by atoms with Crippen LogP contribution in [0.25, 0.3) is 0 Å². The van der Waals surface area contributed by atoms with E-state index in [2.05, 4.69) is 5.32 Å². The van der Waals surface area contributed by atoms with Gasteiger partial charge >= 0.3 is 18.0 Å². The molecule has 0 spiro atoms. The third-order valence-corrected chi connectivity index (χ3v) is 6.19. The molecule has 0 aromatic heterocycles. The fraction of sp³-hybridized carbons (Fsp3) is 0.333. The number of β-lactam (4-membered cyclic amide) rings is 1. The van der Waals surface area contributed by atoms with Crippen molar-refractivity contribution in [3.05, 3.63) is 79.9 Å². The van der Waals surface area contributed by atoms with E-state index in [-0.39, 0.29) is 35.5 Å². The Morgan fingerprint density at radius 3 is 2.00 bits per heavy atom. The number of alkyl carbamates (subject to hydrolysis) is 1. The number of esters is 2. The lowest BCUT2D eigenvalue weighted by Gasteiger charge is -2.48. The Hall–Kier alpha value is -4.79. The summed E-state index contributed by atoms with van der Waals surface area (Å²) in [6.07, 6.45) is -1.10. The molecule has 0 aliphatic carbocycles. The Morgan fingerprint density at radius 2 is 1.48 bits per heavy atom. The summed E-state index contributed by atoms with van der Waals surface area (Å²) >= 11 is 6.20. The number of nitro groups is 2. The zero-order chi connectivity index (χ0) is 29.4. The highest BCUT2D eigenvalue weighted by atomic mass is 35.5. The first kappa shape index (κ1) is 29.8. The van der Waals surface area contributed by atoms with Crippen LogP contribution in [-0.4, -0.2) is 62.9 Å². The molecule has 1 fully saturated rings. The van der Waals surface area contributed by atoms with E-state index in [1.54, 1.807) is 0 Å². The number of carbonyl (C=O) groups excluding carboxylic acids is 4. The SMILES string of the molecule is CC(=O)OCC[C@@H]1[C@@H](NC(=O)OCc2ccccc2[N+](=O)[O-])C(=O)N1C(Cl)C(=O)OCc1ccccc1[N+](=O)[O-]. The molecule has 15 nitrogen and oxygen atoms in total. The topological polar surface area (TPSA) is 198 Å². The number of halogens is 1. The van der Waals surface area contributed by atoms with Gasteiger partial charge in [-0.3, -0.25) is 29.8 Å². The first-order chi connectivity index (χ1) is 19.0. The van der Waals surface area contributed by atoms with E-state index in [1.165, 1.54) is 55.5 Å². The van der Waals surface area contributed by atoms with Gasteiger partial charge in [0.15, 0.2) is 0 Å². The highest BCUT2D eigenvalue weighted by Gasteiger charge is 2.53. The fourth-order valence-corrected chi connectivity index (χ4v) is 4.20. The summed E-state index contributed by atoms with van der Waals surface area (Å²) in [5.41, 5.74) is -1.97. The number of nitrogens with one attached hydrogen (secondary N) is 1. The van der Waals surface area contributed by atoms with Gasteiger partial charge in [-0.25, -0.2) is 9.59 Å². The van der Waals surface area contributed by atoms with E-state index in [1.807, 2.05) is 0 Å². The standard InChI is InChI=1S/C24H23ClN4O11/c1-14(30)38-11-10-19-20(26-24(33)40-13-16-7-3-5-9-18(16)29(36)37)22(31)27(19)21(25)23(32)39-12-15-6-2-4-8-17(15)28(34)35/h2-9,19-21H,10-13H2,1H3,(H,26,33)/t19-,20-,21?/m1/s1. The number of hydrogen-bond donors (Lipinski definition) is 1. The van der Waals surface area contributed by atoms with Crippen LogP contribution in [0.3, 0.4) is 0 Å². The highest BCUT2D eigenvalue weighted by molar-refractivity contribution is 6.31. The smallest absolute Gasteiger partial charge is 0.408 e. The number of para-hydroxylation sites is 2. The molecule has 0 bridgehead atoms. The molecule has 2 amide bonds. The summed E-state index contributed by atoms with van der Waals surface area (Å²) in [4.78, 5) is 71.0. The summed E-state index contributed by atoms with van der Waals surface area (Å²) in [6, 6.07) is 9.05. The van der Waals surface area contributed by atoms with Gasteiger partial charge in [-0.15, -0.1) is 0 Å². The third-order valence-electron chi connectivity index (χ3n) is 5.80. The Labute approximate surface area is 231 Å². The molecule has 1 aliphatic heterocycles. The molecule has 212 valence electrons. The van der Waals surface area contributed by atoms with Crippen molar-refractivity contribution in [1.29, 1.82) is 0 Å². The number of nitrogens with zero attached hydrogens (tertiary/aromatic N) is 3. The number of alkyl halides is 1. The van der Waals surface area contributed by atoms with Gasteiger partial charge in [0, 0.05) is 25.5 Å². The summed E-state index contributed by atoms with van der Waals surface area (Å²) in [7, 11) is 0. The minimum Gasteiger partial charge on any atom is -0.466 e. The molecule has 0 radical (unpaired) electrons. The maximum atomic E-state index is 12.9. The van der Waals surface area contributed by atoms with Crippen LogP contribution in [0.4, 0.5) is 16.2 Å². The first-order valence-electron chi connectivity index (χ1n) is 11.7. The number of rotatable bonds is 12. The van der Waals surface area contributed by atoms with Crippen molar-refractivity contribution >= 4 is 46.9 Å². The maximum absolute atomic E-state index is 12.9. The van der Waals surface area contributed by atoms with Gasteiger partial charge < -0.3 is 24.4 Å². The van der Waals surface area contributed by atoms with Gasteiger partial charge in [-0.05, 0) is 12.1 Å². The second kappa shape index (κ2) is 13.3. The third kappa shape index (κ3) is 7.19. The van der Waals surface area contributed by atoms with Crippen LogP contribution < -0.4 is 5.32 Å². The van der Waals surface area contributed by atoms with Crippen LogP contribution in [0.5, 0.6) is 0 Å². The molecule has 1 heterocycles. The Balaban J connectivity index is 1.65. The summed E-state index contributed by atoms with van der Waals surface area (Å²) < 4.78 is 15.0. The van der Waals surface area contributed by atoms with Gasteiger partial charge in [-0.1, -0.05) is 35.9 Å². The van der Waals surface area contributed by atoms with E-state index >= 15 is 0 Å². The average Bonchev–Trinajstić information content (AvgIpc) is 2.92. The predicted molar refractivity (Wildman–Crippen MR) is 135 cm³/mol. The van der Waals surface area contributed by atoms with E-state index in [9.17, 15) is 39.4 Å². The van der Waals surface area contributed by atoms with Crippen molar-refractivity contribution in [2.24, 2.45) is 0 Å². The summed E-state index contributed by atoms with van der Waals surface area (Å²) in [6.45, 7) is 0.0485. The average molecular weight is 579 g/mol. The summed E-state index contributed by atoms with van der Waals surface area (Å²) in [5.74, 6) is -2.46. The Bertz CT molecular complexity index is 1320. The molecule has 1 unspecified atom stereocenters. The lowest BCUT2D eigenvalue weighted by atomic mass is 9.92. The van der Waals surface area contributed by atoms with Crippen molar-refractivity contribution in [2.45, 2.75) is 44.1 Å². The van der Waals surface area contributed by atoms with Gasteiger partial charge in [0.25, 0.3) is 11.4 Å². The number of amides is 2. The second-order valence-corrected chi connectivity index (χ2v) is 8.77. The first-order valence-corrected chi connectivity index (χ1v) is 12.1. The van der Waals surface area contributed by atoms with Gasteiger partial charge in [-0.2, -0.15) is 0 Å². The van der Waals surface area contributed by atoms with Gasteiger partial charge in [0.1, 0.15) is 19.3 Å². The lowest BCUT2D eigenvalue weighted by molar-refractivity contribution is -0.386. The zero-order valence-electron chi connectivity index (χ0n) is 20.9. The van der Waals surface area contributed by atoms with E-state index in [0.717, 1.165) is 4.90 Å². The molecule has 0 saturated carbocycles. The number of carbonyl (C=O) groups is 4. The van der Waals surface area contributed by atoms with Crippen molar-refractivity contribution in [1.82, 2.24) is 10.2 Å². The molecule has 3 rings (SSSR count). The molecule has 2 aromatic carbocycles. The Kier molecular flexibility index (Phi) is 9.92. The van der Waals surface area contributed by atoms with Crippen LogP contribution in [0.2, 0.25) is 0 Å². The van der Waals surface area contributed by atoms with Crippen molar-refractivity contribution in [3.63, 3.8) is 0 Å². The van der Waals surface area contributed by atoms with Crippen molar-refractivity contribution < 1.29 is 43.2 Å². The van der Waals surface area contributed by atoms with Gasteiger partial charge in [0.05, 0.1) is 33.6 Å². The molecular weight excluding hydrogens is 556 g/mol. The minimum atomic E-state index is -1.67. The number of benzene rings is 2. The molecule has 1 N–H and O–H groups in total. The molecule has 3 atom stereocenters. The maximum Gasteiger partial charge on any atom is 0.408 e. The van der Waals surface area contributed by atoms with Crippen LogP contribution in [0, 0.1) is 20.2 Å². The molecular formula is C24H23ClN4O11. The van der Waals surface area contributed by atoms with E-state index in [0.29, 0.717) is 0 Å². The lowest BCUT2D eigenvalue weighted by Crippen LogP contribution is -2.73. The minimum absolute atomic E-state index is 0.0267. The van der Waals surface area contributed by atoms with E-state index < -0.39 is 64.6 Å². The number of hydrogen-bond acceptors (Lipinski definition) is 11. The number of likely N-dealkylation sites (tertiary alicyclic amines) is 1. The molecule has 40 heavy (non-hydrogen) atoms. The molecule has 16 heteroatoms. The molecule has 1 saturated heterocycles. The second-order valence-electron chi connectivity index (χ2n) is 8.35. The van der Waals surface area contributed by atoms with Crippen LogP contribution in [0.15, 0.2) is 48.5 Å². The van der Waals surface area contributed by atoms with Crippen LogP contribution in [0.1, 0.15) is 24.5 Å². The van der Waals surface area contributed by atoms with Crippen LogP contribution in [-0.2, 0) is 41.8 Å². The highest BCUT2D eigenvalue weighted by Crippen LogP contribution is 2.29. The fourth-order valence-electron chi connectivity index (χ4n) is 3.90. The largest absolute Gasteiger partial charge is 0.466 e. The normalized spacial score (nSPS) is 16.8. The summed E-state index contributed by atoms with van der Waals surface area (Å²) in [5, 5.41) is 24.6. The zero-order valence-corrected chi connectivity index (χ0v) is 21.6. The Morgan fingerprint density at radius 1 is 0.950 bits per heavy atom. The number of ether oxygens (including phenoxy) is 3. The number of nitro benzene ring substituents is 2. The molecule has 2 aromatic rings. The van der Waals surface area contributed by atoms with Gasteiger partial charge in [0.2, 0.25) is 11.4 Å². The van der Waals surface area contributed by atoms with Crippen molar-refractivity contribution in [2.75, 3.05) is 6.61 Å². The quantitative estimate of drug-likeness (QED) is 0.0738.